The average molecular weight is 324 g/mol. The summed E-state index contributed by atoms with van der Waals surface area (Å²) >= 11 is 0. The molecule has 2 heterocycles. The number of carbonyl (C=O) groups is 1. The van der Waals surface area contributed by atoms with Gasteiger partial charge < -0.3 is 10.6 Å². The van der Waals surface area contributed by atoms with Gasteiger partial charge in [-0.1, -0.05) is 30.3 Å². The molecule has 2 aliphatic rings. The van der Waals surface area contributed by atoms with Crippen LogP contribution in [0.1, 0.15) is 24.8 Å². The third kappa shape index (κ3) is 4.45. The number of likely N-dealkylation sites (tertiary alicyclic amines) is 1. The van der Waals surface area contributed by atoms with Crippen molar-refractivity contribution in [1.82, 2.24) is 15.5 Å². The Morgan fingerprint density at radius 2 is 1.91 bits per heavy atom. The summed E-state index contributed by atoms with van der Waals surface area (Å²) < 4.78 is 0. The Hall–Kier alpha value is -1.10. The number of hydrogen-bond donors (Lipinski definition) is 2. The number of benzene rings is 1. The molecule has 5 heteroatoms. The lowest BCUT2D eigenvalue weighted by Gasteiger charge is -2.33. The first-order chi connectivity index (χ1) is 10.3. The zero-order valence-electron chi connectivity index (χ0n) is 13.0. The van der Waals surface area contributed by atoms with Crippen LogP contribution in [0.5, 0.6) is 0 Å². The highest BCUT2D eigenvalue weighted by Crippen LogP contribution is 2.38. The van der Waals surface area contributed by atoms with Crippen molar-refractivity contribution in [3.8, 4) is 0 Å². The van der Waals surface area contributed by atoms with E-state index in [0.29, 0.717) is 18.5 Å². The van der Waals surface area contributed by atoms with Gasteiger partial charge in [0.15, 0.2) is 0 Å². The fourth-order valence-electron chi connectivity index (χ4n) is 3.58. The van der Waals surface area contributed by atoms with E-state index in [4.69, 9.17) is 0 Å². The number of rotatable bonds is 4. The van der Waals surface area contributed by atoms with E-state index in [-0.39, 0.29) is 18.3 Å². The number of nitrogens with one attached hydrogen (secondary N) is 2. The van der Waals surface area contributed by atoms with Crippen LogP contribution in [0.25, 0.3) is 0 Å². The summed E-state index contributed by atoms with van der Waals surface area (Å²) in [4.78, 5) is 14.4. The molecule has 2 N–H and O–H groups in total. The molecule has 1 spiro atoms. The van der Waals surface area contributed by atoms with Crippen LogP contribution in [-0.2, 0) is 11.3 Å². The van der Waals surface area contributed by atoms with E-state index in [1.807, 2.05) is 30.3 Å². The maximum Gasteiger partial charge on any atom is 0.234 e. The predicted octanol–water partition coefficient (Wildman–Crippen LogP) is 1.80. The van der Waals surface area contributed by atoms with Crippen molar-refractivity contribution in [3.63, 3.8) is 0 Å². The van der Waals surface area contributed by atoms with Gasteiger partial charge in [0.05, 0.1) is 6.54 Å². The minimum Gasteiger partial charge on any atom is -0.351 e. The molecule has 0 radical (unpaired) electrons. The molecule has 0 saturated carbocycles. The molecule has 0 aliphatic carbocycles. The maximum absolute atomic E-state index is 12.1. The SMILES string of the molecule is Cl.O=C(CN1CCC2(CCNCC2)C1)NCc1ccccc1. The van der Waals surface area contributed by atoms with E-state index in [9.17, 15) is 4.79 Å². The molecule has 4 nitrogen and oxygen atoms in total. The number of halogens is 1. The van der Waals surface area contributed by atoms with Crippen LogP contribution in [0, 0.1) is 5.41 Å². The smallest absolute Gasteiger partial charge is 0.234 e. The molecule has 1 aromatic rings. The van der Waals surface area contributed by atoms with Crippen molar-refractivity contribution in [2.24, 2.45) is 5.41 Å². The Kier molecular flexibility index (Phi) is 6.24. The Morgan fingerprint density at radius 1 is 1.18 bits per heavy atom. The molecule has 1 aromatic carbocycles. The van der Waals surface area contributed by atoms with Crippen molar-refractivity contribution in [2.75, 3.05) is 32.7 Å². The van der Waals surface area contributed by atoms with Gasteiger partial charge in [0.2, 0.25) is 5.91 Å². The first-order valence-corrected chi connectivity index (χ1v) is 8.00. The standard InChI is InChI=1S/C17H25N3O.ClH/c21-16(19-12-15-4-2-1-3-5-15)13-20-11-8-17(14-20)6-9-18-10-7-17;/h1-5,18H,6-14H2,(H,19,21);1H. The highest BCUT2D eigenvalue weighted by molar-refractivity contribution is 5.85. The number of amides is 1. The van der Waals surface area contributed by atoms with Crippen LogP contribution in [0.15, 0.2) is 30.3 Å². The second-order valence-electron chi connectivity index (χ2n) is 6.47. The van der Waals surface area contributed by atoms with Crippen molar-refractivity contribution in [3.05, 3.63) is 35.9 Å². The van der Waals surface area contributed by atoms with E-state index in [0.717, 1.165) is 31.7 Å². The van der Waals surface area contributed by atoms with Gasteiger partial charge in [0.25, 0.3) is 0 Å². The molecule has 22 heavy (non-hydrogen) atoms. The molecule has 3 rings (SSSR count). The van der Waals surface area contributed by atoms with Crippen LogP contribution < -0.4 is 10.6 Å². The zero-order valence-corrected chi connectivity index (χ0v) is 13.8. The lowest BCUT2D eigenvalue weighted by Crippen LogP contribution is -2.40. The van der Waals surface area contributed by atoms with Gasteiger partial charge in [0.1, 0.15) is 0 Å². The third-order valence-corrected chi connectivity index (χ3v) is 4.88. The van der Waals surface area contributed by atoms with E-state index >= 15 is 0 Å². The van der Waals surface area contributed by atoms with E-state index in [1.165, 1.54) is 19.3 Å². The Morgan fingerprint density at radius 3 is 2.64 bits per heavy atom. The van der Waals surface area contributed by atoms with Gasteiger partial charge in [0, 0.05) is 13.1 Å². The van der Waals surface area contributed by atoms with Crippen molar-refractivity contribution < 1.29 is 4.79 Å². The summed E-state index contributed by atoms with van der Waals surface area (Å²) in [7, 11) is 0. The van der Waals surface area contributed by atoms with Crippen LogP contribution >= 0.6 is 12.4 Å². The lowest BCUT2D eigenvalue weighted by atomic mass is 9.78. The van der Waals surface area contributed by atoms with Gasteiger partial charge in [-0.05, 0) is 49.9 Å². The quantitative estimate of drug-likeness (QED) is 0.888. The topological polar surface area (TPSA) is 44.4 Å². The Balaban J connectivity index is 0.00000176. The van der Waals surface area contributed by atoms with E-state index in [2.05, 4.69) is 15.5 Å². The highest BCUT2D eigenvalue weighted by Gasteiger charge is 2.39. The third-order valence-electron chi connectivity index (χ3n) is 4.88. The summed E-state index contributed by atoms with van der Waals surface area (Å²) in [6.07, 6.45) is 3.77. The van der Waals surface area contributed by atoms with Crippen molar-refractivity contribution >= 4 is 18.3 Å². The molecule has 122 valence electrons. The molecule has 2 aliphatic heterocycles. The van der Waals surface area contributed by atoms with Crippen LogP contribution in [0.4, 0.5) is 0 Å². The Bertz CT molecular complexity index is 474. The summed E-state index contributed by atoms with van der Waals surface area (Å²) in [6, 6.07) is 10.1. The fraction of sp³-hybridized carbons (Fsp3) is 0.588. The molecule has 1 amide bonds. The second kappa shape index (κ2) is 7.95. The van der Waals surface area contributed by atoms with Crippen LogP contribution in [0.3, 0.4) is 0 Å². The summed E-state index contributed by atoms with van der Waals surface area (Å²) in [5, 5.41) is 6.46. The molecular weight excluding hydrogens is 298 g/mol. The zero-order chi connectivity index (χ0) is 14.5. The lowest BCUT2D eigenvalue weighted by molar-refractivity contribution is -0.122. The predicted molar refractivity (Wildman–Crippen MR) is 91.1 cm³/mol. The summed E-state index contributed by atoms with van der Waals surface area (Å²) in [5.41, 5.74) is 1.63. The highest BCUT2D eigenvalue weighted by atomic mass is 35.5. The van der Waals surface area contributed by atoms with E-state index in [1.54, 1.807) is 0 Å². The number of nitrogens with zero attached hydrogens (tertiary/aromatic N) is 1. The van der Waals surface area contributed by atoms with Crippen molar-refractivity contribution in [2.45, 2.75) is 25.8 Å². The first-order valence-electron chi connectivity index (χ1n) is 8.00. The minimum absolute atomic E-state index is 0. The molecule has 0 bridgehead atoms. The van der Waals surface area contributed by atoms with Crippen LogP contribution in [-0.4, -0.2) is 43.5 Å². The molecule has 0 aromatic heterocycles. The first kappa shape index (κ1) is 17.3. The van der Waals surface area contributed by atoms with Gasteiger partial charge in [-0.2, -0.15) is 0 Å². The average Bonchev–Trinajstić information content (AvgIpc) is 2.89. The van der Waals surface area contributed by atoms with Crippen molar-refractivity contribution in [1.29, 1.82) is 0 Å². The maximum atomic E-state index is 12.1. The number of carbonyl (C=O) groups excluding carboxylic acids is 1. The van der Waals surface area contributed by atoms with Gasteiger partial charge in [-0.25, -0.2) is 0 Å². The monoisotopic (exact) mass is 323 g/mol. The fourth-order valence-corrected chi connectivity index (χ4v) is 3.58. The molecule has 0 unspecified atom stereocenters. The van der Waals surface area contributed by atoms with E-state index < -0.39 is 0 Å². The van der Waals surface area contributed by atoms with Gasteiger partial charge >= 0.3 is 0 Å². The normalized spacial score (nSPS) is 20.5. The molecular formula is C17H26ClN3O. The number of hydrogen-bond acceptors (Lipinski definition) is 3. The molecule has 2 fully saturated rings. The summed E-state index contributed by atoms with van der Waals surface area (Å²) in [6.45, 7) is 5.60. The summed E-state index contributed by atoms with van der Waals surface area (Å²) in [5.74, 6) is 0.143. The van der Waals surface area contributed by atoms with Gasteiger partial charge in [-0.15, -0.1) is 12.4 Å². The number of piperidine rings is 1. The minimum atomic E-state index is 0. The van der Waals surface area contributed by atoms with Crippen LogP contribution in [0.2, 0.25) is 0 Å². The molecule has 2 saturated heterocycles. The Labute approximate surface area is 139 Å². The largest absolute Gasteiger partial charge is 0.351 e. The van der Waals surface area contributed by atoms with Gasteiger partial charge in [-0.3, -0.25) is 9.69 Å². The second-order valence-corrected chi connectivity index (χ2v) is 6.47. The molecule has 0 atom stereocenters.